The highest BCUT2D eigenvalue weighted by molar-refractivity contribution is 6.01. The van der Waals surface area contributed by atoms with E-state index in [1.54, 1.807) is 11.0 Å². The van der Waals surface area contributed by atoms with E-state index in [0.29, 0.717) is 26.2 Å². The van der Waals surface area contributed by atoms with Gasteiger partial charge < -0.3 is 24.7 Å². The summed E-state index contributed by atoms with van der Waals surface area (Å²) in [5.74, 6) is -2.69. The van der Waals surface area contributed by atoms with Gasteiger partial charge in [0.05, 0.1) is 26.8 Å². The molecule has 0 aliphatic carbocycles. The van der Waals surface area contributed by atoms with E-state index in [-0.39, 0.29) is 35.6 Å². The topological polar surface area (TPSA) is 152 Å². The fraction of sp³-hybridized carbons (Fsp3) is 0.257. The second kappa shape index (κ2) is 14.3. The molecule has 2 amide bonds. The van der Waals surface area contributed by atoms with Crippen LogP contribution in [0.1, 0.15) is 48.6 Å². The van der Waals surface area contributed by atoms with Gasteiger partial charge >= 0.3 is 11.9 Å². The molecule has 3 aromatic carbocycles. The number of amides is 2. The first-order valence-electron chi connectivity index (χ1n) is 15.5. The molecule has 1 saturated heterocycles. The molecule has 2 aromatic heterocycles. The van der Waals surface area contributed by atoms with E-state index in [0.717, 1.165) is 40.9 Å². The van der Waals surface area contributed by atoms with Crippen molar-refractivity contribution in [2.45, 2.75) is 18.6 Å². The van der Waals surface area contributed by atoms with E-state index in [1.807, 2.05) is 60.7 Å². The smallest absolute Gasteiger partial charge is 0.361 e. The minimum absolute atomic E-state index is 0.00309. The number of hydrogen-bond acceptors (Lipinski definition) is 9. The lowest BCUT2D eigenvalue weighted by Crippen LogP contribution is -2.56. The maximum absolute atomic E-state index is 14.2. The summed E-state index contributed by atoms with van der Waals surface area (Å²) in [5, 5.41) is 11.5. The maximum atomic E-state index is 14.2. The van der Waals surface area contributed by atoms with Crippen molar-refractivity contribution < 1.29 is 28.7 Å². The zero-order valence-corrected chi connectivity index (χ0v) is 26.5. The zero-order valence-electron chi connectivity index (χ0n) is 26.5. The van der Waals surface area contributed by atoms with Crippen LogP contribution >= 0.6 is 0 Å². The lowest BCUT2D eigenvalue weighted by atomic mass is 9.96. The van der Waals surface area contributed by atoms with Gasteiger partial charge in [-0.05, 0) is 23.3 Å². The standard InChI is InChI=1S/C35H35N7O6/c1-47-34(45)29-31(35(46)48-2)42(39-38-29)22-28(37-32(43)27-21-25-15-9-10-16-26(25)36-27)33(44)41-19-17-40(18-20-41)30(23-11-5-3-6-12-23)24-13-7-4-8-14-24/h3-16,21,28,30,36H,17-20,22H2,1-2H3,(H,37,43)/t28-/m0/s1. The van der Waals surface area contributed by atoms with Crippen LogP contribution < -0.4 is 5.32 Å². The quantitative estimate of drug-likeness (QED) is 0.218. The molecule has 3 heterocycles. The molecular weight excluding hydrogens is 614 g/mol. The molecule has 246 valence electrons. The summed E-state index contributed by atoms with van der Waals surface area (Å²) < 4.78 is 10.7. The molecule has 48 heavy (non-hydrogen) atoms. The third kappa shape index (κ3) is 6.67. The highest BCUT2D eigenvalue weighted by atomic mass is 16.5. The van der Waals surface area contributed by atoms with Crippen molar-refractivity contribution in [3.05, 3.63) is 119 Å². The average Bonchev–Trinajstić information content (AvgIpc) is 3.76. The second-order valence-corrected chi connectivity index (χ2v) is 11.3. The fourth-order valence-electron chi connectivity index (χ4n) is 6.07. The first-order chi connectivity index (χ1) is 23.4. The predicted molar refractivity (Wildman–Crippen MR) is 175 cm³/mol. The van der Waals surface area contributed by atoms with Crippen molar-refractivity contribution in [1.82, 2.24) is 35.1 Å². The number of rotatable bonds is 10. The van der Waals surface area contributed by atoms with Gasteiger partial charge in [0.2, 0.25) is 11.6 Å². The number of benzene rings is 3. The Labute approximate surface area is 276 Å². The number of nitrogens with zero attached hydrogens (tertiary/aromatic N) is 5. The molecular formula is C35H35N7O6. The largest absolute Gasteiger partial charge is 0.464 e. The first kappa shape index (κ1) is 32.1. The highest BCUT2D eigenvalue weighted by Crippen LogP contribution is 2.29. The number of esters is 2. The Hall–Kier alpha value is -5.82. The Morgan fingerprint density at radius 1 is 0.812 bits per heavy atom. The SMILES string of the molecule is COC(=O)c1nnn(C[C@H](NC(=O)c2cc3ccccc3[nH]2)C(=O)N2CCN(C(c3ccccc3)c3ccccc3)CC2)c1C(=O)OC. The van der Waals surface area contributed by atoms with Crippen molar-refractivity contribution in [2.24, 2.45) is 0 Å². The zero-order chi connectivity index (χ0) is 33.6. The Kier molecular flexibility index (Phi) is 9.57. The van der Waals surface area contributed by atoms with Gasteiger partial charge in [0.1, 0.15) is 11.7 Å². The van der Waals surface area contributed by atoms with Crippen LogP contribution in [0.5, 0.6) is 0 Å². The molecule has 1 atom stereocenters. The molecule has 0 radical (unpaired) electrons. The van der Waals surface area contributed by atoms with Crippen LogP contribution in [0.15, 0.2) is 91.0 Å². The van der Waals surface area contributed by atoms with Crippen molar-refractivity contribution in [3.8, 4) is 0 Å². The van der Waals surface area contributed by atoms with E-state index >= 15 is 0 Å². The van der Waals surface area contributed by atoms with Crippen LogP contribution in [0.3, 0.4) is 0 Å². The van der Waals surface area contributed by atoms with Crippen LogP contribution in [-0.4, -0.2) is 100.0 Å². The Morgan fingerprint density at radius 2 is 1.42 bits per heavy atom. The molecule has 0 saturated carbocycles. The number of carbonyl (C=O) groups is 4. The number of piperazine rings is 1. The number of methoxy groups -OCH3 is 2. The number of para-hydroxylation sites is 1. The lowest BCUT2D eigenvalue weighted by molar-refractivity contribution is -0.135. The number of H-pyrrole nitrogens is 1. The van der Waals surface area contributed by atoms with Crippen LogP contribution in [-0.2, 0) is 20.8 Å². The predicted octanol–water partition coefficient (Wildman–Crippen LogP) is 3.07. The van der Waals surface area contributed by atoms with E-state index in [2.05, 4.69) is 49.8 Å². The maximum Gasteiger partial charge on any atom is 0.361 e. The second-order valence-electron chi connectivity index (χ2n) is 11.3. The number of aromatic nitrogens is 4. The van der Waals surface area contributed by atoms with E-state index in [4.69, 9.17) is 9.47 Å². The Balaban J connectivity index is 1.26. The number of fused-ring (bicyclic) bond motifs is 1. The van der Waals surface area contributed by atoms with Gasteiger partial charge in [0, 0.05) is 37.1 Å². The Bertz CT molecular complexity index is 1840. The average molecular weight is 650 g/mol. The monoisotopic (exact) mass is 649 g/mol. The number of carbonyl (C=O) groups excluding carboxylic acids is 4. The molecule has 1 aliphatic heterocycles. The van der Waals surface area contributed by atoms with Gasteiger partial charge in [0.25, 0.3) is 5.91 Å². The van der Waals surface area contributed by atoms with Crippen molar-refractivity contribution >= 4 is 34.7 Å². The molecule has 6 rings (SSSR count). The van der Waals surface area contributed by atoms with Crippen LogP contribution in [0.4, 0.5) is 0 Å². The van der Waals surface area contributed by atoms with Gasteiger partial charge in [-0.15, -0.1) is 5.10 Å². The van der Waals surface area contributed by atoms with Gasteiger partial charge in [-0.25, -0.2) is 14.3 Å². The molecule has 0 spiro atoms. The molecule has 1 fully saturated rings. The van der Waals surface area contributed by atoms with Gasteiger partial charge in [-0.3, -0.25) is 14.5 Å². The van der Waals surface area contributed by atoms with E-state index < -0.39 is 23.9 Å². The summed E-state index contributed by atoms with van der Waals surface area (Å²) >= 11 is 0. The normalized spacial score (nSPS) is 14.1. The van der Waals surface area contributed by atoms with Gasteiger partial charge in [-0.1, -0.05) is 84.1 Å². The van der Waals surface area contributed by atoms with Crippen molar-refractivity contribution in [3.63, 3.8) is 0 Å². The molecule has 13 heteroatoms. The molecule has 5 aromatic rings. The summed E-state index contributed by atoms with van der Waals surface area (Å²) in [5.41, 5.74) is 2.67. The third-order valence-corrected chi connectivity index (χ3v) is 8.45. The van der Waals surface area contributed by atoms with Gasteiger partial charge in [-0.2, -0.15) is 0 Å². The highest BCUT2D eigenvalue weighted by Gasteiger charge is 2.35. The lowest BCUT2D eigenvalue weighted by Gasteiger charge is -2.40. The van der Waals surface area contributed by atoms with Crippen LogP contribution in [0.25, 0.3) is 10.9 Å². The van der Waals surface area contributed by atoms with Crippen molar-refractivity contribution in [1.29, 1.82) is 0 Å². The number of nitrogens with one attached hydrogen (secondary N) is 2. The van der Waals surface area contributed by atoms with Crippen molar-refractivity contribution in [2.75, 3.05) is 40.4 Å². The van der Waals surface area contributed by atoms with Crippen LogP contribution in [0.2, 0.25) is 0 Å². The van der Waals surface area contributed by atoms with Gasteiger partial charge in [0.15, 0.2) is 5.69 Å². The minimum Gasteiger partial charge on any atom is -0.464 e. The molecule has 2 N–H and O–H groups in total. The first-order valence-corrected chi connectivity index (χ1v) is 15.5. The molecule has 0 bridgehead atoms. The fourth-order valence-corrected chi connectivity index (χ4v) is 6.07. The number of aromatic amines is 1. The minimum atomic E-state index is -1.18. The molecule has 13 nitrogen and oxygen atoms in total. The van der Waals surface area contributed by atoms with Crippen LogP contribution in [0, 0.1) is 0 Å². The molecule has 1 aliphatic rings. The summed E-state index contributed by atoms with van der Waals surface area (Å²) in [6, 6.07) is 28.4. The number of ether oxygens (including phenoxy) is 2. The summed E-state index contributed by atoms with van der Waals surface area (Å²) in [7, 11) is 2.30. The third-order valence-electron chi connectivity index (χ3n) is 8.45. The van der Waals surface area contributed by atoms with E-state index in [1.165, 1.54) is 0 Å². The summed E-state index contributed by atoms with van der Waals surface area (Å²) in [6.07, 6.45) is 0. The number of hydrogen-bond donors (Lipinski definition) is 2. The summed E-state index contributed by atoms with van der Waals surface area (Å²) in [4.78, 5) is 60.0. The Morgan fingerprint density at radius 3 is 2.02 bits per heavy atom. The van der Waals surface area contributed by atoms with E-state index in [9.17, 15) is 19.2 Å². The molecule has 0 unspecified atom stereocenters. The summed E-state index contributed by atoms with van der Waals surface area (Å²) in [6.45, 7) is 1.64.